The van der Waals surface area contributed by atoms with Crippen molar-refractivity contribution in [3.8, 4) is 0 Å². The van der Waals surface area contributed by atoms with Crippen LogP contribution in [0.25, 0.3) is 0 Å². The normalized spacial score (nSPS) is 23.6. The van der Waals surface area contributed by atoms with E-state index in [4.69, 9.17) is 0 Å². The van der Waals surface area contributed by atoms with Crippen LogP contribution in [0.2, 0.25) is 0 Å². The van der Waals surface area contributed by atoms with Crippen molar-refractivity contribution in [3.05, 3.63) is 30.1 Å². The van der Waals surface area contributed by atoms with Crippen molar-refractivity contribution in [2.75, 3.05) is 11.5 Å². The van der Waals surface area contributed by atoms with Crippen LogP contribution >= 0.6 is 11.8 Å². The van der Waals surface area contributed by atoms with Gasteiger partial charge in [-0.3, -0.25) is 4.98 Å². The quantitative estimate of drug-likeness (QED) is 0.824. The molecular formula is C11H16N2S. The molecule has 2 rings (SSSR count). The lowest BCUT2D eigenvalue weighted by molar-refractivity contribution is 0.478. The molecule has 1 unspecified atom stereocenters. The summed E-state index contributed by atoms with van der Waals surface area (Å²) in [4.78, 5) is 4.35. The molecule has 0 radical (unpaired) electrons. The summed E-state index contributed by atoms with van der Waals surface area (Å²) < 4.78 is 0. The van der Waals surface area contributed by atoms with E-state index in [-0.39, 0.29) is 0 Å². The molecule has 14 heavy (non-hydrogen) atoms. The van der Waals surface area contributed by atoms with Crippen LogP contribution in [-0.2, 0) is 0 Å². The lowest BCUT2D eigenvalue weighted by Crippen LogP contribution is -2.31. The number of hydrogen-bond donors (Lipinski definition) is 1. The lowest BCUT2D eigenvalue weighted by Gasteiger charge is -2.17. The minimum Gasteiger partial charge on any atom is -0.305 e. The Balaban J connectivity index is 1.92. The number of pyridine rings is 1. The first-order valence-corrected chi connectivity index (χ1v) is 6.26. The Kier molecular flexibility index (Phi) is 3.43. The van der Waals surface area contributed by atoms with E-state index in [2.05, 4.69) is 23.3 Å². The highest BCUT2D eigenvalue weighted by Gasteiger charge is 2.18. The van der Waals surface area contributed by atoms with E-state index in [0.29, 0.717) is 12.1 Å². The van der Waals surface area contributed by atoms with Crippen molar-refractivity contribution in [3.63, 3.8) is 0 Å². The number of nitrogens with zero attached hydrogens (tertiary/aromatic N) is 1. The molecule has 1 aliphatic rings. The monoisotopic (exact) mass is 208 g/mol. The zero-order valence-corrected chi connectivity index (χ0v) is 9.26. The fourth-order valence-electron chi connectivity index (χ4n) is 1.74. The second-order valence-corrected chi connectivity index (χ2v) is 4.85. The number of aromatic nitrogens is 1. The van der Waals surface area contributed by atoms with Gasteiger partial charge >= 0.3 is 0 Å². The van der Waals surface area contributed by atoms with E-state index in [1.807, 2.05) is 30.1 Å². The largest absolute Gasteiger partial charge is 0.305 e. The van der Waals surface area contributed by atoms with Crippen LogP contribution in [-0.4, -0.2) is 22.5 Å². The van der Waals surface area contributed by atoms with Crippen LogP contribution in [0.5, 0.6) is 0 Å². The summed E-state index contributed by atoms with van der Waals surface area (Å²) in [6.07, 6.45) is 3.15. The molecule has 0 spiro atoms. The highest BCUT2D eigenvalue weighted by atomic mass is 32.2. The third-order valence-corrected chi connectivity index (χ3v) is 3.71. The molecule has 2 heterocycles. The van der Waals surface area contributed by atoms with Crippen LogP contribution in [0.4, 0.5) is 0 Å². The van der Waals surface area contributed by atoms with Crippen LogP contribution < -0.4 is 5.32 Å². The molecule has 1 aliphatic heterocycles. The Morgan fingerprint density at radius 3 is 3.14 bits per heavy atom. The van der Waals surface area contributed by atoms with E-state index in [1.165, 1.54) is 17.9 Å². The zero-order chi connectivity index (χ0) is 9.80. The van der Waals surface area contributed by atoms with Gasteiger partial charge in [-0.05, 0) is 31.2 Å². The Bertz CT molecular complexity index is 270. The molecule has 1 aromatic heterocycles. The molecule has 1 saturated heterocycles. The zero-order valence-electron chi connectivity index (χ0n) is 8.44. The minimum atomic E-state index is 0.375. The summed E-state index contributed by atoms with van der Waals surface area (Å²) in [6.45, 7) is 2.19. The van der Waals surface area contributed by atoms with E-state index in [1.54, 1.807) is 0 Å². The van der Waals surface area contributed by atoms with Gasteiger partial charge in [0.15, 0.2) is 0 Å². The molecule has 1 fully saturated rings. The fraction of sp³-hybridized carbons (Fsp3) is 0.545. The summed E-state index contributed by atoms with van der Waals surface area (Å²) in [6, 6.07) is 7.14. The molecule has 2 atom stereocenters. The second-order valence-electron chi connectivity index (χ2n) is 3.70. The average Bonchev–Trinajstić information content (AvgIpc) is 2.72. The summed E-state index contributed by atoms with van der Waals surface area (Å²) >= 11 is 2.04. The molecule has 0 amide bonds. The first kappa shape index (κ1) is 9.99. The van der Waals surface area contributed by atoms with Crippen molar-refractivity contribution in [1.82, 2.24) is 10.3 Å². The van der Waals surface area contributed by atoms with Crippen LogP contribution in [0.3, 0.4) is 0 Å². The summed E-state index contributed by atoms with van der Waals surface area (Å²) in [5.41, 5.74) is 1.14. The first-order valence-electron chi connectivity index (χ1n) is 5.11. The van der Waals surface area contributed by atoms with Gasteiger partial charge < -0.3 is 5.32 Å². The molecule has 0 aromatic carbocycles. The molecule has 0 saturated carbocycles. The molecule has 0 aliphatic carbocycles. The maximum atomic E-state index is 4.35. The SMILES string of the molecule is C[C@H](NC1CCSC1)c1ccccn1. The van der Waals surface area contributed by atoms with Gasteiger partial charge in [0.2, 0.25) is 0 Å². The maximum Gasteiger partial charge on any atom is 0.0570 e. The average molecular weight is 208 g/mol. The van der Waals surface area contributed by atoms with Gasteiger partial charge in [-0.15, -0.1) is 0 Å². The van der Waals surface area contributed by atoms with Gasteiger partial charge in [0.25, 0.3) is 0 Å². The van der Waals surface area contributed by atoms with Gasteiger partial charge in [0, 0.05) is 24.0 Å². The highest BCUT2D eigenvalue weighted by molar-refractivity contribution is 7.99. The van der Waals surface area contributed by atoms with Gasteiger partial charge in [0.1, 0.15) is 0 Å². The highest BCUT2D eigenvalue weighted by Crippen LogP contribution is 2.20. The number of rotatable bonds is 3. The van der Waals surface area contributed by atoms with E-state index in [9.17, 15) is 0 Å². The maximum absolute atomic E-state index is 4.35. The predicted molar refractivity (Wildman–Crippen MR) is 61.5 cm³/mol. The topological polar surface area (TPSA) is 24.9 Å². The van der Waals surface area contributed by atoms with Crippen LogP contribution in [0.1, 0.15) is 25.1 Å². The first-order chi connectivity index (χ1) is 6.86. The Labute approximate surface area is 89.5 Å². The predicted octanol–water partition coefficient (Wildman–Crippen LogP) is 2.24. The number of hydrogen-bond acceptors (Lipinski definition) is 3. The van der Waals surface area contributed by atoms with Gasteiger partial charge in [-0.25, -0.2) is 0 Å². The van der Waals surface area contributed by atoms with Crippen molar-refractivity contribution in [2.45, 2.75) is 25.4 Å². The van der Waals surface area contributed by atoms with Gasteiger partial charge in [-0.2, -0.15) is 11.8 Å². The molecule has 1 N–H and O–H groups in total. The van der Waals surface area contributed by atoms with Crippen LogP contribution in [0, 0.1) is 0 Å². The Morgan fingerprint density at radius 2 is 2.50 bits per heavy atom. The fourth-order valence-corrected chi connectivity index (χ4v) is 2.90. The van der Waals surface area contributed by atoms with Crippen LogP contribution in [0.15, 0.2) is 24.4 Å². The molecule has 0 bridgehead atoms. The molecule has 1 aromatic rings. The Hall–Kier alpha value is -0.540. The standard InChI is InChI=1S/C11H16N2S/c1-9(11-4-2-3-6-12-11)13-10-5-7-14-8-10/h2-4,6,9-10,13H,5,7-8H2,1H3/t9-,10?/m0/s1. The molecule has 2 nitrogen and oxygen atoms in total. The lowest BCUT2D eigenvalue weighted by atomic mass is 10.1. The van der Waals surface area contributed by atoms with Crippen molar-refractivity contribution >= 4 is 11.8 Å². The summed E-state index contributed by atoms with van der Waals surface area (Å²) in [7, 11) is 0. The van der Waals surface area contributed by atoms with Gasteiger partial charge in [-0.1, -0.05) is 6.07 Å². The summed E-state index contributed by atoms with van der Waals surface area (Å²) in [5.74, 6) is 2.55. The van der Waals surface area contributed by atoms with Crippen molar-refractivity contribution < 1.29 is 0 Å². The van der Waals surface area contributed by atoms with E-state index in [0.717, 1.165) is 5.69 Å². The summed E-state index contributed by atoms with van der Waals surface area (Å²) in [5, 5.41) is 3.61. The molecule has 3 heteroatoms. The number of thioether (sulfide) groups is 1. The van der Waals surface area contributed by atoms with Crippen molar-refractivity contribution in [1.29, 1.82) is 0 Å². The van der Waals surface area contributed by atoms with E-state index < -0.39 is 0 Å². The smallest absolute Gasteiger partial charge is 0.0570 e. The van der Waals surface area contributed by atoms with Gasteiger partial charge in [0.05, 0.1) is 5.69 Å². The molecule has 76 valence electrons. The third-order valence-electron chi connectivity index (χ3n) is 2.55. The van der Waals surface area contributed by atoms with Crippen molar-refractivity contribution in [2.24, 2.45) is 0 Å². The number of nitrogens with one attached hydrogen (secondary N) is 1. The minimum absolute atomic E-state index is 0.375. The third kappa shape index (κ3) is 2.49. The van der Waals surface area contributed by atoms with E-state index >= 15 is 0 Å². The molecular weight excluding hydrogens is 192 g/mol. The second kappa shape index (κ2) is 4.80. The Morgan fingerprint density at radius 1 is 1.57 bits per heavy atom.